The maximum absolute atomic E-state index is 12.7. The van der Waals surface area contributed by atoms with Gasteiger partial charge in [-0.2, -0.15) is 0 Å². The average Bonchev–Trinajstić information content (AvgIpc) is 2.72. The number of unbranched alkanes of at least 4 members (excludes halogenated alkanes) is 4. The highest BCUT2D eigenvalue weighted by Crippen LogP contribution is 2.27. The fourth-order valence-corrected chi connectivity index (χ4v) is 3.89. The summed E-state index contributed by atoms with van der Waals surface area (Å²) in [6, 6.07) is -0.574. The summed E-state index contributed by atoms with van der Waals surface area (Å²) in [5, 5.41) is 2.84. The molecule has 1 saturated carbocycles. The smallest absolute Gasteiger partial charge is 0.407 e. The zero-order valence-electron chi connectivity index (χ0n) is 18.5. The molecule has 1 aliphatic rings. The van der Waals surface area contributed by atoms with Crippen molar-refractivity contribution in [2.45, 2.75) is 110 Å². The maximum atomic E-state index is 12.7. The van der Waals surface area contributed by atoms with E-state index in [2.05, 4.69) is 26.1 Å². The molecular weight excluding hydrogens is 354 g/mol. The topological polar surface area (TPSA) is 64.6 Å². The second-order valence-corrected chi connectivity index (χ2v) is 8.26. The van der Waals surface area contributed by atoms with Crippen molar-refractivity contribution >= 4 is 12.1 Å². The molecule has 0 spiro atoms. The third-order valence-electron chi connectivity index (χ3n) is 5.88. The van der Waals surface area contributed by atoms with Crippen LogP contribution < -0.4 is 5.32 Å². The summed E-state index contributed by atoms with van der Waals surface area (Å²) in [5.74, 6) is 0.259. The molecule has 0 aromatic heterocycles. The van der Waals surface area contributed by atoms with Crippen LogP contribution in [0, 0.1) is 11.8 Å². The van der Waals surface area contributed by atoms with E-state index in [1.54, 1.807) is 0 Å². The number of nitrogens with one attached hydrogen (secondary N) is 1. The fourth-order valence-electron chi connectivity index (χ4n) is 3.89. The van der Waals surface area contributed by atoms with E-state index in [-0.39, 0.29) is 11.9 Å². The van der Waals surface area contributed by atoms with Crippen LogP contribution in [0.3, 0.4) is 0 Å². The summed E-state index contributed by atoms with van der Waals surface area (Å²) >= 11 is 0. The minimum Gasteiger partial charge on any atom is -0.464 e. The van der Waals surface area contributed by atoms with Crippen molar-refractivity contribution in [3.05, 3.63) is 0 Å². The van der Waals surface area contributed by atoms with Gasteiger partial charge in [-0.25, -0.2) is 9.59 Å². The van der Waals surface area contributed by atoms with Crippen molar-refractivity contribution in [3.8, 4) is 0 Å². The van der Waals surface area contributed by atoms with Gasteiger partial charge in [-0.1, -0.05) is 78.6 Å². The predicted octanol–water partition coefficient (Wildman–Crippen LogP) is 6.00. The van der Waals surface area contributed by atoms with Crippen molar-refractivity contribution in [2.24, 2.45) is 11.8 Å². The molecule has 0 aromatic carbocycles. The molecule has 0 radical (unpaired) electrons. The molecule has 5 heteroatoms. The van der Waals surface area contributed by atoms with Gasteiger partial charge in [0.05, 0.1) is 13.2 Å². The Morgan fingerprint density at radius 1 is 0.929 bits per heavy atom. The maximum Gasteiger partial charge on any atom is 0.407 e. The van der Waals surface area contributed by atoms with Gasteiger partial charge in [0.15, 0.2) is 0 Å². The van der Waals surface area contributed by atoms with Crippen LogP contribution in [0.4, 0.5) is 4.79 Å². The lowest BCUT2D eigenvalue weighted by atomic mass is 9.84. The molecule has 0 heterocycles. The summed E-state index contributed by atoms with van der Waals surface area (Å²) < 4.78 is 11.0. The fraction of sp³-hybridized carbons (Fsp3) is 0.913. The first-order valence-corrected chi connectivity index (χ1v) is 11.7. The molecule has 0 bridgehead atoms. The van der Waals surface area contributed by atoms with Crippen LogP contribution in [-0.2, 0) is 14.3 Å². The van der Waals surface area contributed by atoms with Crippen molar-refractivity contribution in [2.75, 3.05) is 13.2 Å². The molecule has 1 rings (SSSR count). The summed E-state index contributed by atoms with van der Waals surface area (Å²) in [4.78, 5) is 25.0. The predicted molar refractivity (Wildman–Crippen MR) is 113 cm³/mol. The van der Waals surface area contributed by atoms with Gasteiger partial charge in [0, 0.05) is 0 Å². The first kappa shape index (κ1) is 24.8. The van der Waals surface area contributed by atoms with Crippen LogP contribution in [0.15, 0.2) is 0 Å². The number of esters is 1. The molecule has 2 atom stereocenters. The van der Waals surface area contributed by atoms with Gasteiger partial charge in [0.25, 0.3) is 0 Å². The third-order valence-corrected chi connectivity index (χ3v) is 5.88. The quantitative estimate of drug-likeness (QED) is 0.288. The highest BCUT2D eigenvalue weighted by Gasteiger charge is 2.32. The van der Waals surface area contributed by atoms with E-state index in [1.807, 2.05) is 0 Å². The minimum absolute atomic E-state index is 0.159. The van der Waals surface area contributed by atoms with E-state index >= 15 is 0 Å². The van der Waals surface area contributed by atoms with E-state index in [0.717, 1.165) is 77.0 Å². The molecule has 0 saturated heterocycles. The van der Waals surface area contributed by atoms with Crippen molar-refractivity contribution in [1.82, 2.24) is 5.32 Å². The lowest BCUT2D eigenvalue weighted by Crippen LogP contribution is -2.48. The van der Waals surface area contributed by atoms with E-state index < -0.39 is 12.1 Å². The Bertz CT molecular complexity index is 421. The highest BCUT2D eigenvalue weighted by molar-refractivity contribution is 5.81. The second-order valence-electron chi connectivity index (χ2n) is 8.26. The highest BCUT2D eigenvalue weighted by atomic mass is 16.6. The summed E-state index contributed by atoms with van der Waals surface area (Å²) in [7, 11) is 0. The minimum atomic E-state index is -0.574. The summed E-state index contributed by atoms with van der Waals surface area (Å²) in [6.45, 7) is 7.32. The Balaban J connectivity index is 2.51. The first-order chi connectivity index (χ1) is 13.6. The molecule has 1 fully saturated rings. The van der Waals surface area contributed by atoms with Crippen molar-refractivity contribution < 1.29 is 19.1 Å². The standard InChI is InChI=1S/C23H43NO4/c1-4-7-9-13-17-27-22(25)21(20-15-11-10-12-16-20)24-23(26)28-18-19(6-3)14-8-5-2/h19-21H,4-18H2,1-3H3,(H,24,26). The first-order valence-electron chi connectivity index (χ1n) is 11.7. The van der Waals surface area contributed by atoms with Gasteiger partial charge in [-0.05, 0) is 37.5 Å². The average molecular weight is 398 g/mol. The number of ether oxygens (including phenoxy) is 2. The molecule has 5 nitrogen and oxygen atoms in total. The molecule has 164 valence electrons. The molecular formula is C23H43NO4. The number of carbonyl (C=O) groups is 2. The zero-order chi connectivity index (χ0) is 20.6. The van der Waals surface area contributed by atoms with Gasteiger partial charge < -0.3 is 14.8 Å². The van der Waals surface area contributed by atoms with Gasteiger partial charge in [-0.15, -0.1) is 0 Å². The van der Waals surface area contributed by atoms with Gasteiger partial charge in [-0.3, -0.25) is 0 Å². The molecule has 1 aliphatic carbocycles. The van der Waals surface area contributed by atoms with Gasteiger partial charge in [0.2, 0.25) is 0 Å². The van der Waals surface area contributed by atoms with Crippen molar-refractivity contribution in [3.63, 3.8) is 0 Å². The second kappa shape index (κ2) is 15.6. The number of hydrogen-bond acceptors (Lipinski definition) is 4. The molecule has 1 amide bonds. The normalized spacial score (nSPS) is 17.0. The Morgan fingerprint density at radius 3 is 2.29 bits per heavy atom. The van der Waals surface area contributed by atoms with Crippen LogP contribution in [0.1, 0.15) is 104 Å². The lowest BCUT2D eigenvalue weighted by molar-refractivity contribution is -0.148. The van der Waals surface area contributed by atoms with Crippen LogP contribution in [0.2, 0.25) is 0 Å². The molecule has 1 N–H and O–H groups in total. The van der Waals surface area contributed by atoms with Crippen LogP contribution in [0.25, 0.3) is 0 Å². The summed E-state index contributed by atoms with van der Waals surface area (Å²) in [6.07, 6.45) is 13.5. The molecule has 0 aromatic rings. The number of carbonyl (C=O) groups excluding carboxylic acids is 2. The van der Waals surface area contributed by atoms with Crippen molar-refractivity contribution in [1.29, 1.82) is 0 Å². The molecule has 2 unspecified atom stereocenters. The Labute approximate surface area is 172 Å². The van der Waals surface area contributed by atoms with E-state index in [4.69, 9.17) is 9.47 Å². The van der Waals surface area contributed by atoms with Crippen LogP contribution >= 0.6 is 0 Å². The summed E-state index contributed by atoms with van der Waals surface area (Å²) in [5.41, 5.74) is 0. The monoisotopic (exact) mass is 397 g/mol. The largest absolute Gasteiger partial charge is 0.464 e. The van der Waals surface area contributed by atoms with E-state index in [1.165, 1.54) is 6.42 Å². The Kier molecular flexibility index (Phi) is 13.8. The number of amides is 1. The lowest BCUT2D eigenvalue weighted by Gasteiger charge is -2.29. The van der Waals surface area contributed by atoms with Crippen LogP contribution in [-0.4, -0.2) is 31.3 Å². The third kappa shape index (κ3) is 10.3. The molecule has 0 aliphatic heterocycles. The Morgan fingerprint density at radius 2 is 1.64 bits per heavy atom. The number of alkyl carbamates (subject to hydrolysis) is 1. The molecule has 28 heavy (non-hydrogen) atoms. The van der Waals surface area contributed by atoms with Gasteiger partial charge in [0.1, 0.15) is 6.04 Å². The van der Waals surface area contributed by atoms with E-state index in [9.17, 15) is 9.59 Å². The Hall–Kier alpha value is -1.26. The number of rotatable bonds is 14. The van der Waals surface area contributed by atoms with E-state index in [0.29, 0.717) is 19.1 Å². The SMILES string of the molecule is CCCCCCOC(=O)C(NC(=O)OCC(CC)CCCC)C1CCCCC1. The zero-order valence-corrected chi connectivity index (χ0v) is 18.5. The number of hydrogen-bond donors (Lipinski definition) is 1. The van der Waals surface area contributed by atoms with Gasteiger partial charge >= 0.3 is 12.1 Å². The van der Waals surface area contributed by atoms with Crippen LogP contribution in [0.5, 0.6) is 0 Å².